The number of hydrogen-bond acceptors (Lipinski definition) is 2. The van der Waals surface area contributed by atoms with Crippen molar-refractivity contribution >= 4 is 0 Å². The molecule has 0 atom stereocenters. The molecular weight excluding hydrogens is 238 g/mol. The van der Waals surface area contributed by atoms with E-state index < -0.39 is 0 Å². The van der Waals surface area contributed by atoms with Crippen LogP contribution in [-0.4, -0.2) is 23.4 Å². The number of benzene rings is 1. The standard InChI is InChI=1S/C15H21N3O/c1-10-6-5-7-14(11(10)2)18-12(3)13(8-9-16-4)15(19)17-18/h5-7,16H,8-9H2,1-4H3,(H,17,19). The van der Waals surface area contributed by atoms with Crippen molar-refractivity contribution in [1.29, 1.82) is 0 Å². The molecule has 4 heteroatoms. The van der Waals surface area contributed by atoms with Gasteiger partial charge in [0, 0.05) is 11.3 Å². The van der Waals surface area contributed by atoms with Gasteiger partial charge in [0.25, 0.3) is 5.56 Å². The molecule has 2 rings (SSSR count). The number of aryl methyl sites for hydroxylation is 1. The molecular formula is C15H21N3O. The highest BCUT2D eigenvalue weighted by Crippen LogP contribution is 2.18. The summed E-state index contributed by atoms with van der Waals surface area (Å²) in [6.07, 6.45) is 0.746. The Morgan fingerprint density at radius 3 is 2.68 bits per heavy atom. The number of hydrogen-bond donors (Lipinski definition) is 2. The minimum atomic E-state index is 0.00801. The van der Waals surface area contributed by atoms with Crippen LogP contribution >= 0.6 is 0 Å². The van der Waals surface area contributed by atoms with Crippen molar-refractivity contribution in [3.63, 3.8) is 0 Å². The molecule has 0 aliphatic heterocycles. The summed E-state index contributed by atoms with van der Waals surface area (Å²) in [6.45, 7) is 6.96. The molecule has 1 aromatic carbocycles. The third-order valence-electron chi connectivity index (χ3n) is 3.70. The van der Waals surface area contributed by atoms with E-state index in [9.17, 15) is 4.79 Å². The number of nitrogens with zero attached hydrogens (tertiary/aromatic N) is 1. The number of likely N-dealkylation sites (N-methyl/N-ethyl adjacent to an activating group) is 1. The van der Waals surface area contributed by atoms with Gasteiger partial charge in [0.15, 0.2) is 0 Å². The molecule has 1 heterocycles. The highest BCUT2D eigenvalue weighted by atomic mass is 16.1. The normalized spacial score (nSPS) is 10.9. The summed E-state index contributed by atoms with van der Waals surface area (Å²) < 4.78 is 1.90. The topological polar surface area (TPSA) is 49.8 Å². The van der Waals surface area contributed by atoms with E-state index >= 15 is 0 Å². The molecule has 1 aromatic heterocycles. The summed E-state index contributed by atoms with van der Waals surface area (Å²) in [5.41, 5.74) is 5.32. The molecule has 0 fully saturated rings. The van der Waals surface area contributed by atoms with Gasteiger partial charge in [-0.05, 0) is 58.0 Å². The Hall–Kier alpha value is -1.81. The fraction of sp³-hybridized carbons (Fsp3) is 0.400. The van der Waals surface area contributed by atoms with Crippen LogP contribution < -0.4 is 10.9 Å². The van der Waals surface area contributed by atoms with Crippen LogP contribution in [0.5, 0.6) is 0 Å². The van der Waals surface area contributed by atoms with E-state index in [1.165, 1.54) is 11.1 Å². The highest BCUT2D eigenvalue weighted by molar-refractivity contribution is 5.45. The van der Waals surface area contributed by atoms with Crippen LogP contribution in [0.2, 0.25) is 0 Å². The predicted octanol–water partition coefficient (Wildman–Crippen LogP) is 1.85. The number of rotatable bonds is 4. The second-order valence-electron chi connectivity index (χ2n) is 4.91. The van der Waals surface area contributed by atoms with E-state index in [0.717, 1.165) is 29.9 Å². The fourth-order valence-electron chi connectivity index (χ4n) is 2.32. The quantitative estimate of drug-likeness (QED) is 0.880. The van der Waals surface area contributed by atoms with Crippen LogP contribution in [0.3, 0.4) is 0 Å². The Balaban J connectivity index is 2.52. The Kier molecular flexibility index (Phi) is 3.90. The molecule has 2 aromatic rings. The summed E-state index contributed by atoms with van der Waals surface area (Å²) in [6, 6.07) is 6.13. The lowest BCUT2D eigenvalue weighted by atomic mass is 10.1. The van der Waals surface area contributed by atoms with E-state index in [4.69, 9.17) is 0 Å². The number of aromatic amines is 1. The Labute approximate surface area is 113 Å². The Morgan fingerprint density at radius 1 is 1.26 bits per heavy atom. The highest BCUT2D eigenvalue weighted by Gasteiger charge is 2.13. The van der Waals surface area contributed by atoms with Crippen molar-refractivity contribution in [1.82, 2.24) is 15.1 Å². The maximum Gasteiger partial charge on any atom is 0.267 e. The molecule has 2 N–H and O–H groups in total. The average molecular weight is 259 g/mol. The first-order valence-corrected chi connectivity index (χ1v) is 6.58. The second kappa shape index (κ2) is 5.45. The van der Waals surface area contributed by atoms with Crippen molar-refractivity contribution in [3.05, 3.63) is 50.9 Å². The van der Waals surface area contributed by atoms with Crippen molar-refractivity contribution < 1.29 is 0 Å². The van der Waals surface area contributed by atoms with Gasteiger partial charge in [-0.3, -0.25) is 14.6 Å². The molecule has 0 aliphatic carbocycles. The van der Waals surface area contributed by atoms with Gasteiger partial charge in [-0.2, -0.15) is 0 Å². The van der Waals surface area contributed by atoms with Gasteiger partial charge in [0.05, 0.1) is 5.69 Å². The van der Waals surface area contributed by atoms with Crippen LogP contribution in [-0.2, 0) is 6.42 Å². The molecule has 102 valence electrons. The van der Waals surface area contributed by atoms with E-state index in [1.807, 2.05) is 30.8 Å². The molecule has 0 radical (unpaired) electrons. The molecule has 0 spiro atoms. The maximum atomic E-state index is 12.0. The lowest BCUT2D eigenvalue weighted by Crippen LogP contribution is -2.15. The van der Waals surface area contributed by atoms with E-state index in [1.54, 1.807) is 0 Å². The first-order chi connectivity index (χ1) is 9.06. The molecule has 0 saturated carbocycles. The number of aromatic nitrogens is 2. The summed E-state index contributed by atoms with van der Waals surface area (Å²) in [5.74, 6) is 0. The average Bonchev–Trinajstić information content (AvgIpc) is 2.66. The number of nitrogens with one attached hydrogen (secondary N) is 2. The Bertz CT molecular complexity index is 637. The molecule has 4 nitrogen and oxygen atoms in total. The van der Waals surface area contributed by atoms with Gasteiger partial charge in [-0.1, -0.05) is 12.1 Å². The zero-order valence-corrected chi connectivity index (χ0v) is 12.0. The van der Waals surface area contributed by atoms with Crippen molar-refractivity contribution in [2.24, 2.45) is 0 Å². The molecule has 0 aliphatic rings. The fourth-order valence-corrected chi connectivity index (χ4v) is 2.32. The van der Waals surface area contributed by atoms with E-state index in [0.29, 0.717) is 0 Å². The third kappa shape index (κ3) is 2.49. The lowest BCUT2D eigenvalue weighted by molar-refractivity contribution is 0.783. The first kappa shape index (κ1) is 13.6. The van der Waals surface area contributed by atoms with Crippen molar-refractivity contribution in [3.8, 4) is 5.69 Å². The smallest absolute Gasteiger partial charge is 0.267 e. The second-order valence-corrected chi connectivity index (χ2v) is 4.91. The van der Waals surface area contributed by atoms with Crippen molar-refractivity contribution in [2.45, 2.75) is 27.2 Å². The third-order valence-corrected chi connectivity index (χ3v) is 3.70. The van der Waals surface area contributed by atoms with E-state index in [-0.39, 0.29) is 5.56 Å². The van der Waals surface area contributed by atoms with Crippen LogP contribution in [0, 0.1) is 20.8 Å². The van der Waals surface area contributed by atoms with E-state index in [2.05, 4.69) is 30.3 Å². The summed E-state index contributed by atoms with van der Waals surface area (Å²) in [4.78, 5) is 12.0. The van der Waals surface area contributed by atoms with Gasteiger partial charge in [-0.25, -0.2) is 0 Å². The lowest BCUT2D eigenvalue weighted by Gasteiger charge is -2.11. The van der Waals surface area contributed by atoms with Crippen molar-refractivity contribution in [2.75, 3.05) is 13.6 Å². The maximum absolute atomic E-state index is 12.0. The summed E-state index contributed by atoms with van der Waals surface area (Å²) in [7, 11) is 1.89. The molecule has 0 amide bonds. The van der Waals surface area contributed by atoms with Crippen LogP contribution in [0.1, 0.15) is 22.4 Å². The van der Waals surface area contributed by atoms with Gasteiger partial charge >= 0.3 is 0 Å². The molecule has 0 unspecified atom stereocenters. The van der Waals surface area contributed by atoms with Gasteiger partial charge in [0.1, 0.15) is 0 Å². The molecule has 19 heavy (non-hydrogen) atoms. The van der Waals surface area contributed by atoms with Crippen LogP contribution in [0.25, 0.3) is 5.69 Å². The first-order valence-electron chi connectivity index (χ1n) is 6.58. The Morgan fingerprint density at radius 2 is 2.00 bits per heavy atom. The zero-order valence-electron chi connectivity index (χ0n) is 12.0. The SMILES string of the molecule is CNCCc1c(C)n(-c2cccc(C)c2C)[nH]c1=O. The van der Waals surface area contributed by atoms with Crippen LogP contribution in [0.4, 0.5) is 0 Å². The molecule has 0 bridgehead atoms. The number of H-pyrrole nitrogens is 1. The summed E-state index contributed by atoms with van der Waals surface area (Å²) >= 11 is 0. The van der Waals surface area contributed by atoms with Gasteiger partial charge in [-0.15, -0.1) is 0 Å². The summed E-state index contributed by atoms with van der Waals surface area (Å²) in [5, 5.41) is 6.02. The minimum absolute atomic E-state index is 0.00801. The van der Waals surface area contributed by atoms with Crippen LogP contribution in [0.15, 0.2) is 23.0 Å². The minimum Gasteiger partial charge on any atom is -0.319 e. The van der Waals surface area contributed by atoms with Gasteiger partial charge in [0.2, 0.25) is 0 Å². The zero-order chi connectivity index (χ0) is 14.0. The monoisotopic (exact) mass is 259 g/mol. The van der Waals surface area contributed by atoms with Gasteiger partial charge < -0.3 is 5.32 Å². The largest absolute Gasteiger partial charge is 0.319 e. The molecule has 0 saturated heterocycles. The predicted molar refractivity (Wildman–Crippen MR) is 78.2 cm³/mol.